The van der Waals surface area contributed by atoms with Crippen molar-refractivity contribution in [3.63, 3.8) is 0 Å². The summed E-state index contributed by atoms with van der Waals surface area (Å²) in [5.74, 6) is 0. The minimum absolute atomic E-state index is 0.853. The number of hydrogen-bond donors (Lipinski definition) is 0. The van der Waals surface area contributed by atoms with E-state index < -0.39 is 0 Å². The molecule has 0 saturated carbocycles. The zero-order valence-corrected chi connectivity index (χ0v) is 9.84. The minimum atomic E-state index is 0.853. The molecule has 0 aliphatic carbocycles. The number of benzene rings is 1. The lowest BCUT2D eigenvalue weighted by Gasteiger charge is -2.26. The standard InChI is InChI=1S/C13H18ClN/c14-13-6-4-5-12(11-13)7-10-15-8-2-1-3-9-15/h4-6,11H,1-3,7-10H2. The molecule has 2 heteroatoms. The first-order valence-corrected chi connectivity index (χ1v) is 6.19. The zero-order chi connectivity index (χ0) is 10.5. The highest BCUT2D eigenvalue weighted by Crippen LogP contribution is 2.13. The second kappa shape index (κ2) is 5.53. The van der Waals surface area contributed by atoms with E-state index in [1.54, 1.807) is 0 Å². The summed E-state index contributed by atoms with van der Waals surface area (Å²) in [6.45, 7) is 3.74. The van der Waals surface area contributed by atoms with Gasteiger partial charge in [0.05, 0.1) is 0 Å². The fourth-order valence-electron chi connectivity index (χ4n) is 2.16. The number of rotatable bonds is 3. The van der Waals surface area contributed by atoms with E-state index in [4.69, 9.17) is 11.6 Å². The highest BCUT2D eigenvalue weighted by molar-refractivity contribution is 6.30. The topological polar surface area (TPSA) is 3.24 Å². The molecule has 1 aliphatic heterocycles. The van der Waals surface area contributed by atoms with Gasteiger partial charge in [0.15, 0.2) is 0 Å². The second-order valence-electron chi connectivity index (χ2n) is 4.28. The van der Waals surface area contributed by atoms with E-state index >= 15 is 0 Å². The molecular formula is C13H18ClN. The van der Waals surface area contributed by atoms with Crippen LogP contribution in [0, 0.1) is 0 Å². The third-order valence-electron chi connectivity index (χ3n) is 3.05. The molecule has 0 aromatic heterocycles. The van der Waals surface area contributed by atoms with Gasteiger partial charge in [-0.2, -0.15) is 0 Å². The predicted octanol–water partition coefficient (Wildman–Crippen LogP) is 3.37. The van der Waals surface area contributed by atoms with E-state index in [1.165, 1.54) is 44.5 Å². The Hall–Kier alpha value is -0.530. The summed E-state index contributed by atoms with van der Waals surface area (Å²) < 4.78 is 0. The molecule has 0 amide bonds. The maximum Gasteiger partial charge on any atom is 0.0408 e. The minimum Gasteiger partial charge on any atom is -0.303 e. The molecule has 0 spiro atoms. The molecule has 1 aromatic carbocycles. The second-order valence-corrected chi connectivity index (χ2v) is 4.72. The summed E-state index contributed by atoms with van der Waals surface area (Å²) in [6, 6.07) is 8.21. The molecular weight excluding hydrogens is 206 g/mol. The summed E-state index contributed by atoms with van der Waals surface area (Å²) >= 11 is 5.95. The van der Waals surface area contributed by atoms with Crippen LogP contribution < -0.4 is 0 Å². The largest absolute Gasteiger partial charge is 0.303 e. The summed E-state index contributed by atoms with van der Waals surface area (Å²) in [5.41, 5.74) is 1.35. The van der Waals surface area contributed by atoms with E-state index in [9.17, 15) is 0 Å². The van der Waals surface area contributed by atoms with Crippen LogP contribution in [0.4, 0.5) is 0 Å². The average molecular weight is 224 g/mol. The third kappa shape index (κ3) is 3.51. The van der Waals surface area contributed by atoms with Crippen LogP contribution in [0.2, 0.25) is 5.02 Å². The molecule has 1 saturated heterocycles. The highest BCUT2D eigenvalue weighted by atomic mass is 35.5. The van der Waals surface area contributed by atoms with Gasteiger partial charge >= 0.3 is 0 Å². The van der Waals surface area contributed by atoms with Crippen molar-refractivity contribution in [3.8, 4) is 0 Å². The Kier molecular flexibility index (Phi) is 4.04. The monoisotopic (exact) mass is 223 g/mol. The Morgan fingerprint density at radius 3 is 2.67 bits per heavy atom. The van der Waals surface area contributed by atoms with Crippen molar-refractivity contribution in [3.05, 3.63) is 34.9 Å². The zero-order valence-electron chi connectivity index (χ0n) is 9.08. The van der Waals surface area contributed by atoms with Gasteiger partial charge in [-0.1, -0.05) is 30.2 Å². The van der Waals surface area contributed by atoms with Crippen molar-refractivity contribution < 1.29 is 0 Å². The average Bonchev–Trinajstić information content (AvgIpc) is 2.28. The van der Waals surface area contributed by atoms with Gasteiger partial charge in [-0.25, -0.2) is 0 Å². The SMILES string of the molecule is Clc1cccc(CCN2CCCCC2)c1. The predicted molar refractivity (Wildman–Crippen MR) is 65.4 cm³/mol. The number of likely N-dealkylation sites (tertiary alicyclic amines) is 1. The Morgan fingerprint density at radius 2 is 1.93 bits per heavy atom. The first-order chi connectivity index (χ1) is 7.34. The molecule has 0 bridgehead atoms. The maximum absolute atomic E-state index is 5.95. The van der Waals surface area contributed by atoms with Gasteiger partial charge in [0.2, 0.25) is 0 Å². The van der Waals surface area contributed by atoms with Crippen molar-refractivity contribution in [2.24, 2.45) is 0 Å². The van der Waals surface area contributed by atoms with Crippen LogP contribution in [0.25, 0.3) is 0 Å². The Morgan fingerprint density at radius 1 is 1.13 bits per heavy atom. The lowest BCUT2D eigenvalue weighted by atomic mass is 10.1. The van der Waals surface area contributed by atoms with Gasteiger partial charge in [0, 0.05) is 11.6 Å². The molecule has 15 heavy (non-hydrogen) atoms. The third-order valence-corrected chi connectivity index (χ3v) is 3.29. The van der Waals surface area contributed by atoms with E-state index in [0.717, 1.165) is 11.4 Å². The van der Waals surface area contributed by atoms with Crippen molar-refractivity contribution in [1.29, 1.82) is 0 Å². The molecule has 0 radical (unpaired) electrons. The molecule has 1 nitrogen and oxygen atoms in total. The van der Waals surface area contributed by atoms with Crippen LogP contribution in [0.5, 0.6) is 0 Å². The lowest BCUT2D eigenvalue weighted by Crippen LogP contribution is -2.31. The van der Waals surface area contributed by atoms with Gasteiger partial charge in [0.25, 0.3) is 0 Å². The number of halogens is 1. The molecule has 0 atom stereocenters. The van der Waals surface area contributed by atoms with E-state index in [2.05, 4.69) is 17.0 Å². The molecule has 1 fully saturated rings. The Bertz CT molecular complexity index is 305. The lowest BCUT2D eigenvalue weighted by molar-refractivity contribution is 0.231. The summed E-state index contributed by atoms with van der Waals surface area (Å²) in [7, 11) is 0. The van der Waals surface area contributed by atoms with Crippen molar-refractivity contribution in [2.75, 3.05) is 19.6 Å². The van der Waals surface area contributed by atoms with Crippen LogP contribution in [-0.2, 0) is 6.42 Å². The van der Waals surface area contributed by atoms with Gasteiger partial charge in [-0.3, -0.25) is 0 Å². The Labute approximate surface area is 97.0 Å². The quantitative estimate of drug-likeness (QED) is 0.760. The first-order valence-electron chi connectivity index (χ1n) is 5.81. The summed E-state index contributed by atoms with van der Waals surface area (Å²) in [6.07, 6.45) is 5.28. The molecule has 1 aliphatic rings. The molecule has 2 rings (SSSR count). The van der Waals surface area contributed by atoms with E-state index in [1.807, 2.05) is 12.1 Å². The summed E-state index contributed by atoms with van der Waals surface area (Å²) in [5, 5.41) is 0.853. The first kappa shape index (κ1) is 11.0. The van der Waals surface area contributed by atoms with Crippen LogP contribution >= 0.6 is 11.6 Å². The van der Waals surface area contributed by atoms with Crippen molar-refractivity contribution >= 4 is 11.6 Å². The fraction of sp³-hybridized carbons (Fsp3) is 0.538. The van der Waals surface area contributed by atoms with Gasteiger partial charge < -0.3 is 4.90 Å². The van der Waals surface area contributed by atoms with Gasteiger partial charge in [0.1, 0.15) is 0 Å². The normalized spacial score (nSPS) is 17.9. The molecule has 1 aromatic rings. The van der Waals surface area contributed by atoms with Crippen LogP contribution in [0.3, 0.4) is 0 Å². The van der Waals surface area contributed by atoms with Crippen molar-refractivity contribution in [2.45, 2.75) is 25.7 Å². The Balaban J connectivity index is 1.81. The highest BCUT2D eigenvalue weighted by Gasteiger charge is 2.09. The molecule has 1 heterocycles. The number of nitrogens with zero attached hydrogens (tertiary/aromatic N) is 1. The summed E-state index contributed by atoms with van der Waals surface area (Å²) in [4.78, 5) is 2.56. The van der Waals surface area contributed by atoms with E-state index in [-0.39, 0.29) is 0 Å². The number of piperidine rings is 1. The maximum atomic E-state index is 5.95. The smallest absolute Gasteiger partial charge is 0.0408 e. The van der Waals surface area contributed by atoms with Crippen LogP contribution in [0.1, 0.15) is 24.8 Å². The van der Waals surface area contributed by atoms with Gasteiger partial charge in [-0.15, -0.1) is 0 Å². The molecule has 0 N–H and O–H groups in total. The van der Waals surface area contributed by atoms with Crippen LogP contribution in [-0.4, -0.2) is 24.5 Å². The van der Waals surface area contributed by atoms with Crippen LogP contribution in [0.15, 0.2) is 24.3 Å². The van der Waals surface area contributed by atoms with E-state index in [0.29, 0.717) is 0 Å². The van der Waals surface area contributed by atoms with Crippen molar-refractivity contribution in [1.82, 2.24) is 4.90 Å². The molecule has 82 valence electrons. The van der Waals surface area contributed by atoms with Gasteiger partial charge in [-0.05, 0) is 50.0 Å². The fourth-order valence-corrected chi connectivity index (χ4v) is 2.38. The number of hydrogen-bond acceptors (Lipinski definition) is 1. The molecule has 0 unspecified atom stereocenters.